The van der Waals surface area contributed by atoms with Crippen LogP contribution in [-0.2, 0) is 16.3 Å². The molecule has 0 aliphatic rings. The normalized spacial score (nSPS) is 11.6. The molecule has 26 heavy (non-hydrogen) atoms. The number of aromatic nitrogens is 2. The number of carbonyl (C=O) groups excluding carboxylic acids is 1. The molecule has 0 saturated heterocycles. The van der Waals surface area contributed by atoms with Gasteiger partial charge in [-0.1, -0.05) is 23.7 Å². The van der Waals surface area contributed by atoms with Crippen molar-refractivity contribution in [2.75, 3.05) is 12.8 Å². The number of aryl methyl sites for hydroxylation is 1. The van der Waals surface area contributed by atoms with E-state index in [2.05, 4.69) is 15.3 Å². The smallest absolute Gasteiger partial charge is 0.251 e. The molecule has 3 rings (SSSR count). The van der Waals surface area contributed by atoms with Crippen LogP contribution in [0.25, 0.3) is 11.0 Å². The van der Waals surface area contributed by atoms with Crippen molar-refractivity contribution in [3.63, 3.8) is 0 Å². The van der Waals surface area contributed by atoms with E-state index < -0.39 is 9.84 Å². The number of nitrogens with zero attached hydrogens (tertiary/aromatic N) is 1. The number of nitrogens with one attached hydrogen (secondary N) is 2. The Morgan fingerprint density at radius 1 is 1.23 bits per heavy atom. The molecule has 0 aliphatic carbocycles. The van der Waals surface area contributed by atoms with Crippen LogP contribution in [0.1, 0.15) is 22.6 Å². The van der Waals surface area contributed by atoms with Gasteiger partial charge >= 0.3 is 0 Å². The van der Waals surface area contributed by atoms with Crippen LogP contribution in [0.3, 0.4) is 0 Å². The third-order valence-corrected chi connectivity index (χ3v) is 5.49. The van der Waals surface area contributed by atoms with Gasteiger partial charge in [0.15, 0.2) is 9.84 Å². The summed E-state index contributed by atoms with van der Waals surface area (Å²) >= 11 is 5.89. The third kappa shape index (κ3) is 4.23. The Morgan fingerprint density at radius 3 is 2.73 bits per heavy atom. The van der Waals surface area contributed by atoms with Gasteiger partial charge in [0.1, 0.15) is 5.82 Å². The van der Waals surface area contributed by atoms with Gasteiger partial charge in [-0.15, -0.1) is 0 Å². The van der Waals surface area contributed by atoms with Crippen molar-refractivity contribution in [2.24, 2.45) is 0 Å². The van der Waals surface area contributed by atoms with Gasteiger partial charge in [-0.05, 0) is 36.8 Å². The van der Waals surface area contributed by atoms with E-state index in [1.165, 1.54) is 18.2 Å². The Labute approximate surface area is 156 Å². The standard InChI is InChI=1S/C18H18ClN3O3S/c1-26(24,25)16-11-12(8-9-13(16)19)18(23)20-10-4-7-17-21-14-5-2-3-6-15(14)22-17/h2-3,5-6,8-9,11H,4,7,10H2,1H3,(H,20,23)(H,21,22). The minimum atomic E-state index is -3.49. The van der Waals surface area contributed by atoms with Crippen LogP contribution in [0.2, 0.25) is 5.02 Å². The summed E-state index contributed by atoms with van der Waals surface area (Å²) < 4.78 is 23.4. The van der Waals surface area contributed by atoms with E-state index >= 15 is 0 Å². The van der Waals surface area contributed by atoms with Crippen LogP contribution in [0.5, 0.6) is 0 Å². The third-order valence-electron chi connectivity index (χ3n) is 3.91. The number of hydrogen-bond acceptors (Lipinski definition) is 4. The monoisotopic (exact) mass is 391 g/mol. The lowest BCUT2D eigenvalue weighted by Crippen LogP contribution is -2.25. The minimum absolute atomic E-state index is 0.0471. The molecule has 1 heterocycles. The van der Waals surface area contributed by atoms with Gasteiger partial charge in [0.05, 0.1) is 21.0 Å². The molecule has 0 unspecified atom stereocenters. The quantitative estimate of drug-likeness (QED) is 0.632. The lowest BCUT2D eigenvalue weighted by atomic mass is 10.2. The second-order valence-electron chi connectivity index (χ2n) is 5.98. The van der Waals surface area contributed by atoms with Crippen LogP contribution >= 0.6 is 11.6 Å². The van der Waals surface area contributed by atoms with Crippen LogP contribution < -0.4 is 5.32 Å². The molecule has 0 aliphatic heterocycles. The zero-order chi connectivity index (χ0) is 18.7. The van der Waals surface area contributed by atoms with Crippen molar-refractivity contribution < 1.29 is 13.2 Å². The van der Waals surface area contributed by atoms with Gasteiger partial charge in [-0.25, -0.2) is 13.4 Å². The summed E-state index contributed by atoms with van der Waals surface area (Å²) in [5.41, 5.74) is 2.17. The van der Waals surface area contributed by atoms with Gasteiger partial charge in [0, 0.05) is 24.8 Å². The molecule has 3 aromatic rings. The fourth-order valence-electron chi connectivity index (χ4n) is 2.61. The molecule has 0 atom stereocenters. The highest BCUT2D eigenvalue weighted by Gasteiger charge is 2.15. The van der Waals surface area contributed by atoms with Gasteiger partial charge < -0.3 is 10.3 Å². The summed E-state index contributed by atoms with van der Waals surface area (Å²) in [6.45, 7) is 0.451. The first-order valence-corrected chi connectivity index (χ1v) is 10.3. The highest BCUT2D eigenvalue weighted by atomic mass is 35.5. The number of imidazole rings is 1. The minimum Gasteiger partial charge on any atom is -0.352 e. The summed E-state index contributed by atoms with van der Waals surface area (Å²) in [5.74, 6) is 0.530. The number of rotatable bonds is 6. The van der Waals surface area contributed by atoms with Crippen LogP contribution in [0.15, 0.2) is 47.4 Å². The number of para-hydroxylation sites is 2. The molecule has 0 spiro atoms. The highest BCUT2D eigenvalue weighted by molar-refractivity contribution is 7.90. The molecule has 0 fully saturated rings. The molecule has 2 aromatic carbocycles. The molecular formula is C18H18ClN3O3S. The summed E-state index contributed by atoms with van der Waals surface area (Å²) in [4.78, 5) is 19.9. The van der Waals surface area contributed by atoms with Crippen molar-refractivity contribution in [3.8, 4) is 0 Å². The molecule has 2 N–H and O–H groups in total. The molecule has 136 valence electrons. The predicted octanol–water partition coefficient (Wildman–Crippen LogP) is 2.98. The number of amides is 1. The molecule has 6 nitrogen and oxygen atoms in total. The number of carbonyl (C=O) groups is 1. The highest BCUT2D eigenvalue weighted by Crippen LogP contribution is 2.22. The predicted molar refractivity (Wildman–Crippen MR) is 101 cm³/mol. The molecule has 8 heteroatoms. The topological polar surface area (TPSA) is 91.9 Å². The lowest BCUT2D eigenvalue weighted by Gasteiger charge is -2.07. The maximum absolute atomic E-state index is 12.2. The molecule has 0 radical (unpaired) electrons. The Morgan fingerprint density at radius 2 is 2.00 bits per heavy atom. The van der Waals surface area contributed by atoms with Gasteiger partial charge in [-0.3, -0.25) is 4.79 Å². The maximum atomic E-state index is 12.2. The molecule has 1 amide bonds. The summed E-state index contributed by atoms with van der Waals surface area (Å²) in [6.07, 6.45) is 2.46. The Hall–Kier alpha value is -2.38. The Bertz CT molecular complexity index is 1030. The van der Waals surface area contributed by atoms with E-state index in [1.807, 2.05) is 24.3 Å². The zero-order valence-corrected chi connectivity index (χ0v) is 15.7. The maximum Gasteiger partial charge on any atom is 0.251 e. The molecule has 0 saturated carbocycles. The van der Waals surface area contributed by atoms with Crippen LogP contribution in [0.4, 0.5) is 0 Å². The first-order valence-electron chi connectivity index (χ1n) is 8.06. The zero-order valence-electron chi connectivity index (χ0n) is 14.1. The summed E-state index contributed by atoms with van der Waals surface area (Å²) in [5, 5.41) is 2.89. The Kier molecular flexibility index (Phi) is 5.29. The number of benzene rings is 2. The van der Waals surface area contributed by atoms with E-state index in [4.69, 9.17) is 11.6 Å². The van der Waals surface area contributed by atoms with Gasteiger partial charge in [0.25, 0.3) is 5.91 Å². The first kappa shape index (κ1) is 18.4. The summed E-state index contributed by atoms with van der Waals surface area (Å²) in [7, 11) is -3.49. The lowest BCUT2D eigenvalue weighted by molar-refractivity contribution is 0.0953. The average Bonchev–Trinajstić information content (AvgIpc) is 3.00. The molecule has 0 bridgehead atoms. The second kappa shape index (κ2) is 7.47. The van der Waals surface area contributed by atoms with E-state index in [-0.39, 0.29) is 21.4 Å². The number of H-pyrrole nitrogens is 1. The largest absolute Gasteiger partial charge is 0.352 e. The first-order chi connectivity index (χ1) is 12.3. The van der Waals surface area contributed by atoms with Crippen molar-refractivity contribution in [3.05, 3.63) is 58.9 Å². The van der Waals surface area contributed by atoms with Crippen molar-refractivity contribution in [1.29, 1.82) is 0 Å². The van der Waals surface area contributed by atoms with Crippen LogP contribution in [0, 0.1) is 0 Å². The van der Waals surface area contributed by atoms with Gasteiger partial charge in [0.2, 0.25) is 0 Å². The van der Waals surface area contributed by atoms with E-state index in [1.54, 1.807) is 0 Å². The van der Waals surface area contributed by atoms with E-state index in [0.29, 0.717) is 19.4 Å². The number of hydrogen-bond donors (Lipinski definition) is 2. The fraction of sp³-hybridized carbons (Fsp3) is 0.222. The van der Waals surface area contributed by atoms with Crippen molar-refractivity contribution in [1.82, 2.24) is 15.3 Å². The van der Waals surface area contributed by atoms with E-state index in [0.717, 1.165) is 23.1 Å². The number of aromatic amines is 1. The average molecular weight is 392 g/mol. The van der Waals surface area contributed by atoms with E-state index in [9.17, 15) is 13.2 Å². The van der Waals surface area contributed by atoms with Crippen molar-refractivity contribution in [2.45, 2.75) is 17.7 Å². The summed E-state index contributed by atoms with van der Waals surface area (Å²) in [6, 6.07) is 12.0. The van der Waals surface area contributed by atoms with Crippen LogP contribution in [-0.4, -0.2) is 37.1 Å². The number of sulfone groups is 1. The molecule has 1 aromatic heterocycles. The SMILES string of the molecule is CS(=O)(=O)c1cc(C(=O)NCCCc2nc3ccccc3[nH]2)ccc1Cl. The molecular weight excluding hydrogens is 374 g/mol. The number of halogens is 1. The number of fused-ring (bicyclic) bond motifs is 1. The Balaban J connectivity index is 1.57. The second-order valence-corrected chi connectivity index (χ2v) is 8.37. The fourth-order valence-corrected chi connectivity index (χ4v) is 3.91. The van der Waals surface area contributed by atoms with Gasteiger partial charge in [-0.2, -0.15) is 0 Å². The van der Waals surface area contributed by atoms with Crippen molar-refractivity contribution >= 4 is 38.4 Å².